The van der Waals surface area contributed by atoms with Crippen molar-refractivity contribution in [2.75, 3.05) is 0 Å². The molecule has 0 atom stereocenters. The Kier molecular flexibility index (Phi) is 4.12. The average Bonchev–Trinajstić information content (AvgIpc) is 1.90. The summed E-state index contributed by atoms with van der Waals surface area (Å²) in [6, 6.07) is 2.89. The van der Waals surface area contributed by atoms with Crippen LogP contribution in [0, 0.1) is 0 Å². The molecule has 1 aromatic heterocycles. The van der Waals surface area contributed by atoms with Crippen LogP contribution < -0.4 is 0 Å². The molecule has 0 fully saturated rings. The van der Waals surface area contributed by atoms with Gasteiger partial charge in [0.25, 0.3) is 0 Å². The Morgan fingerprint density at radius 2 is 1.90 bits per heavy atom. The maximum absolute atomic E-state index is 10.2. The van der Waals surface area contributed by atoms with Crippen LogP contribution in [0.4, 0.5) is 0 Å². The van der Waals surface area contributed by atoms with Crippen molar-refractivity contribution in [3.05, 3.63) is 30.1 Å². The molecule has 1 aromatic rings. The molecule has 0 amide bonds. The van der Waals surface area contributed by atoms with E-state index in [0.29, 0.717) is 0 Å². The quantitative estimate of drug-likeness (QED) is 0.758. The van der Waals surface area contributed by atoms with Gasteiger partial charge in [0.2, 0.25) is 0 Å². The van der Waals surface area contributed by atoms with Gasteiger partial charge in [-0.2, -0.15) is 0 Å². The number of nitrogens with zero attached hydrogens (tertiary/aromatic N) is 1. The molecule has 10 heavy (non-hydrogen) atoms. The fourth-order valence-electron chi connectivity index (χ4n) is 0.494. The van der Waals surface area contributed by atoms with Crippen molar-refractivity contribution in [1.29, 1.82) is 0 Å². The minimum absolute atomic E-state index is 0. The summed E-state index contributed by atoms with van der Waals surface area (Å²) in [5.74, 6) is -0.919. The standard InChI is InChI=1S/C6H5NO2.Bi/c8-6(9)5-1-3-7-4-2-5;/h1-4H,(H,8,9);. The number of pyridine rings is 1. The van der Waals surface area contributed by atoms with Crippen molar-refractivity contribution >= 4 is 32.2 Å². The number of aromatic nitrogens is 1. The Morgan fingerprint density at radius 1 is 1.40 bits per heavy atom. The van der Waals surface area contributed by atoms with Gasteiger partial charge in [0.05, 0.1) is 5.56 Å². The van der Waals surface area contributed by atoms with Gasteiger partial charge in [0.1, 0.15) is 0 Å². The van der Waals surface area contributed by atoms with Crippen molar-refractivity contribution in [3.63, 3.8) is 0 Å². The first-order valence-corrected chi connectivity index (χ1v) is 2.44. The second-order valence-electron chi connectivity index (χ2n) is 1.54. The largest absolute Gasteiger partial charge is 0.478 e. The van der Waals surface area contributed by atoms with E-state index in [2.05, 4.69) is 4.98 Å². The number of hydrogen-bond acceptors (Lipinski definition) is 2. The van der Waals surface area contributed by atoms with Crippen molar-refractivity contribution < 1.29 is 9.90 Å². The van der Waals surface area contributed by atoms with Crippen LogP contribution >= 0.6 is 0 Å². The summed E-state index contributed by atoms with van der Waals surface area (Å²) >= 11 is 0. The molecule has 4 heteroatoms. The van der Waals surface area contributed by atoms with Crippen LogP contribution in [0.1, 0.15) is 10.4 Å². The molecule has 0 aliphatic heterocycles. The van der Waals surface area contributed by atoms with Gasteiger partial charge in [-0.05, 0) is 12.1 Å². The van der Waals surface area contributed by atoms with Crippen molar-refractivity contribution in [3.8, 4) is 0 Å². The summed E-state index contributed by atoms with van der Waals surface area (Å²) in [6.45, 7) is 0. The van der Waals surface area contributed by atoms with Crippen molar-refractivity contribution in [1.82, 2.24) is 4.98 Å². The Labute approximate surface area is 77.2 Å². The molecule has 1 N–H and O–H groups in total. The first-order valence-electron chi connectivity index (χ1n) is 2.44. The summed E-state index contributed by atoms with van der Waals surface area (Å²) in [6.07, 6.45) is 2.90. The zero-order chi connectivity index (χ0) is 6.69. The predicted molar refractivity (Wildman–Crippen MR) is 37.0 cm³/mol. The molecule has 0 unspecified atom stereocenters. The Balaban J connectivity index is 0.000000810. The molecular formula is C6H5BiNO2. The zero-order valence-electron chi connectivity index (χ0n) is 5.06. The van der Waals surface area contributed by atoms with E-state index in [1.165, 1.54) is 24.5 Å². The van der Waals surface area contributed by atoms with Crippen LogP contribution in [0.5, 0.6) is 0 Å². The van der Waals surface area contributed by atoms with Gasteiger partial charge in [0.15, 0.2) is 0 Å². The fraction of sp³-hybridized carbons (Fsp3) is 0. The van der Waals surface area contributed by atoms with Gasteiger partial charge in [-0.1, -0.05) is 0 Å². The van der Waals surface area contributed by atoms with Crippen LogP contribution in [-0.2, 0) is 0 Å². The molecule has 0 aliphatic carbocycles. The summed E-state index contributed by atoms with van der Waals surface area (Å²) in [5, 5.41) is 8.36. The Hall–Kier alpha value is -0.497. The van der Waals surface area contributed by atoms with E-state index >= 15 is 0 Å². The summed E-state index contributed by atoms with van der Waals surface area (Å²) in [7, 11) is 0. The van der Waals surface area contributed by atoms with E-state index in [4.69, 9.17) is 5.11 Å². The topological polar surface area (TPSA) is 50.2 Å². The first-order chi connectivity index (χ1) is 4.30. The second-order valence-corrected chi connectivity index (χ2v) is 1.54. The third-order valence-electron chi connectivity index (χ3n) is 0.927. The number of hydrogen-bond donors (Lipinski definition) is 1. The number of carbonyl (C=O) groups is 1. The number of carboxylic acids is 1. The van der Waals surface area contributed by atoms with Crippen LogP contribution in [0.2, 0.25) is 0 Å². The maximum atomic E-state index is 10.2. The van der Waals surface area contributed by atoms with Gasteiger partial charge in [-0.3, -0.25) is 4.98 Å². The Morgan fingerprint density at radius 3 is 2.20 bits per heavy atom. The predicted octanol–water partition coefficient (Wildman–Crippen LogP) is 0.399. The number of aromatic carboxylic acids is 1. The van der Waals surface area contributed by atoms with Gasteiger partial charge in [-0.25, -0.2) is 4.79 Å². The minimum Gasteiger partial charge on any atom is -0.478 e. The van der Waals surface area contributed by atoms with Gasteiger partial charge in [0, 0.05) is 38.6 Å². The van der Waals surface area contributed by atoms with Gasteiger partial charge >= 0.3 is 5.97 Å². The molecule has 3 radical (unpaired) electrons. The van der Waals surface area contributed by atoms with Crippen LogP contribution in [0.3, 0.4) is 0 Å². The summed E-state index contributed by atoms with van der Waals surface area (Å²) in [5.41, 5.74) is 0.269. The van der Waals surface area contributed by atoms with Crippen molar-refractivity contribution in [2.24, 2.45) is 0 Å². The average molecular weight is 332 g/mol. The van der Waals surface area contributed by atoms with E-state index in [1.54, 1.807) is 0 Å². The van der Waals surface area contributed by atoms with Gasteiger partial charge in [-0.15, -0.1) is 0 Å². The molecule has 0 aromatic carbocycles. The summed E-state index contributed by atoms with van der Waals surface area (Å²) < 4.78 is 0. The van der Waals surface area contributed by atoms with E-state index < -0.39 is 5.97 Å². The summed E-state index contributed by atoms with van der Waals surface area (Å²) in [4.78, 5) is 13.8. The van der Waals surface area contributed by atoms with E-state index in [9.17, 15) is 4.79 Å². The van der Waals surface area contributed by atoms with E-state index in [0.717, 1.165) is 0 Å². The Bertz CT molecular complexity index is 212. The molecule has 1 rings (SSSR count). The molecule has 3 nitrogen and oxygen atoms in total. The van der Waals surface area contributed by atoms with Crippen molar-refractivity contribution in [2.45, 2.75) is 0 Å². The third kappa shape index (κ3) is 2.40. The number of rotatable bonds is 1. The first kappa shape index (κ1) is 9.50. The van der Waals surface area contributed by atoms with Crippen LogP contribution in [0.25, 0.3) is 0 Å². The normalized spacial score (nSPS) is 8.00. The molecule has 0 aliphatic rings. The molecule has 51 valence electrons. The third-order valence-corrected chi connectivity index (χ3v) is 0.927. The molecular weight excluding hydrogens is 327 g/mol. The van der Waals surface area contributed by atoms with E-state index in [1.807, 2.05) is 0 Å². The van der Waals surface area contributed by atoms with Crippen LogP contribution in [-0.4, -0.2) is 42.3 Å². The molecule has 0 saturated heterocycles. The zero-order valence-corrected chi connectivity index (χ0v) is 8.54. The molecule has 0 bridgehead atoms. The molecule has 0 saturated carbocycles. The van der Waals surface area contributed by atoms with Gasteiger partial charge < -0.3 is 5.11 Å². The second kappa shape index (κ2) is 4.34. The molecule has 1 heterocycles. The smallest absolute Gasteiger partial charge is 0.335 e. The SMILES string of the molecule is O=C(O)c1ccncc1.[Bi]. The fourth-order valence-corrected chi connectivity index (χ4v) is 0.494. The molecule has 0 spiro atoms. The van der Waals surface area contributed by atoms with E-state index in [-0.39, 0.29) is 31.8 Å². The maximum Gasteiger partial charge on any atom is 0.335 e. The monoisotopic (exact) mass is 332 g/mol. The van der Waals surface area contributed by atoms with Crippen LogP contribution in [0.15, 0.2) is 24.5 Å². The minimum atomic E-state index is -0.919. The number of carboxylic acid groups (broad SMARTS) is 1.